The fourth-order valence-corrected chi connectivity index (χ4v) is 2.25. The molecule has 0 bridgehead atoms. The fraction of sp³-hybridized carbons (Fsp3) is 0.500. The van der Waals surface area contributed by atoms with E-state index in [4.69, 9.17) is 23.1 Å². The smallest absolute Gasteiger partial charge is 0.169 e. The number of anilines is 3. The second-order valence-corrected chi connectivity index (χ2v) is 5.40. The van der Waals surface area contributed by atoms with E-state index in [0.29, 0.717) is 12.2 Å². The zero-order chi connectivity index (χ0) is 13.5. The van der Waals surface area contributed by atoms with Crippen LogP contribution in [0.5, 0.6) is 0 Å². The number of nitrogens with one attached hydrogen (secondary N) is 1. The first-order chi connectivity index (χ1) is 8.57. The van der Waals surface area contributed by atoms with Gasteiger partial charge in [-0.1, -0.05) is 18.0 Å². The number of hydrogen-bond acceptors (Lipinski definition) is 4. The summed E-state index contributed by atoms with van der Waals surface area (Å²) in [5.41, 5.74) is 11.9. The Labute approximate surface area is 116 Å². The van der Waals surface area contributed by atoms with Gasteiger partial charge in [0.05, 0.1) is 17.1 Å². The Kier molecular flexibility index (Phi) is 6.43. The van der Waals surface area contributed by atoms with Gasteiger partial charge in [-0.15, -0.1) is 0 Å². The molecule has 0 aliphatic heterocycles. The van der Waals surface area contributed by atoms with Crippen LogP contribution >= 0.6 is 23.4 Å². The molecule has 1 rings (SSSR count). The Morgan fingerprint density at radius 1 is 1.28 bits per heavy atom. The van der Waals surface area contributed by atoms with E-state index in [2.05, 4.69) is 11.6 Å². The normalized spacial score (nSPS) is 10.6. The van der Waals surface area contributed by atoms with E-state index in [-0.39, 0.29) is 16.4 Å². The molecule has 0 saturated heterocycles. The van der Waals surface area contributed by atoms with E-state index in [1.54, 1.807) is 0 Å². The first-order valence-corrected chi connectivity index (χ1v) is 7.60. The summed E-state index contributed by atoms with van der Waals surface area (Å²) in [5, 5.41) is 2.90. The molecule has 18 heavy (non-hydrogen) atoms. The van der Waals surface area contributed by atoms with Gasteiger partial charge in [0.25, 0.3) is 0 Å². The lowest BCUT2D eigenvalue weighted by atomic mass is 10.2. The van der Waals surface area contributed by atoms with Crippen LogP contribution in [0, 0.1) is 5.82 Å². The summed E-state index contributed by atoms with van der Waals surface area (Å²) in [7, 11) is 0. The Bertz CT molecular complexity index is 401. The Morgan fingerprint density at radius 2 is 2.00 bits per heavy atom. The van der Waals surface area contributed by atoms with E-state index in [1.807, 2.05) is 11.8 Å². The summed E-state index contributed by atoms with van der Waals surface area (Å²) < 4.78 is 13.8. The average Bonchev–Trinajstić information content (AvgIpc) is 2.34. The zero-order valence-electron chi connectivity index (χ0n) is 10.4. The van der Waals surface area contributed by atoms with Crippen LogP contribution in [0.25, 0.3) is 0 Å². The molecule has 3 nitrogen and oxygen atoms in total. The molecule has 0 amide bonds. The highest BCUT2D eigenvalue weighted by atomic mass is 35.5. The molecule has 0 saturated carbocycles. The third-order valence-electron chi connectivity index (χ3n) is 2.59. The third kappa shape index (κ3) is 4.14. The lowest BCUT2D eigenvalue weighted by molar-refractivity contribution is 0.630. The minimum atomic E-state index is -0.571. The highest BCUT2D eigenvalue weighted by Gasteiger charge is 2.13. The maximum absolute atomic E-state index is 13.8. The number of halogens is 2. The number of nitrogen functional groups attached to an aromatic ring is 2. The summed E-state index contributed by atoms with van der Waals surface area (Å²) >= 11 is 7.57. The predicted molar refractivity (Wildman–Crippen MR) is 81.0 cm³/mol. The highest BCUT2D eigenvalue weighted by molar-refractivity contribution is 7.98. The van der Waals surface area contributed by atoms with Crippen LogP contribution in [0.15, 0.2) is 6.07 Å². The number of rotatable bonds is 7. The van der Waals surface area contributed by atoms with Gasteiger partial charge in [-0.2, -0.15) is 11.8 Å². The lowest BCUT2D eigenvalue weighted by Crippen LogP contribution is -2.08. The predicted octanol–water partition coefficient (Wildman–Crippen LogP) is 3.59. The van der Waals surface area contributed by atoms with E-state index in [1.165, 1.54) is 12.5 Å². The molecule has 1 aromatic rings. The monoisotopic (exact) mass is 291 g/mol. The lowest BCUT2D eigenvalue weighted by Gasteiger charge is -2.12. The maximum Gasteiger partial charge on any atom is 0.169 e. The van der Waals surface area contributed by atoms with Crippen molar-refractivity contribution in [3.05, 3.63) is 16.9 Å². The zero-order valence-corrected chi connectivity index (χ0v) is 12.0. The number of benzene rings is 1. The van der Waals surface area contributed by atoms with E-state index in [0.717, 1.165) is 18.6 Å². The van der Waals surface area contributed by atoms with Crippen molar-refractivity contribution in [3.8, 4) is 0 Å². The molecule has 102 valence electrons. The molecule has 1 aromatic carbocycles. The summed E-state index contributed by atoms with van der Waals surface area (Å²) in [6.45, 7) is 0.676. The van der Waals surface area contributed by atoms with Crippen molar-refractivity contribution in [2.45, 2.75) is 19.3 Å². The Morgan fingerprint density at radius 3 is 2.67 bits per heavy atom. The molecule has 0 aliphatic rings. The highest BCUT2D eigenvalue weighted by Crippen LogP contribution is 2.33. The number of nitrogens with two attached hydrogens (primary N) is 2. The van der Waals surface area contributed by atoms with Gasteiger partial charge in [0, 0.05) is 6.54 Å². The van der Waals surface area contributed by atoms with Gasteiger partial charge >= 0.3 is 0 Å². The summed E-state index contributed by atoms with van der Waals surface area (Å²) in [6, 6.07) is 1.47. The second-order valence-electron chi connectivity index (χ2n) is 4.04. The van der Waals surface area contributed by atoms with E-state index >= 15 is 0 Å². The summed E-state index contributed by atoms with van der Waals surface area (Å²) in [6.07, 6.45) is 5.34. The standard InChI is InChI=1S/C12H19ClFN3S/c1-18-6-4-2-3-5-17-12-9(16)7-8(15)10(13)11(12)14/h7,17H,2-6,15-16H2,1H3. The minimum absolute atomic E-state index is 0.0749. The molecular formula is C12H19ClFN3S. The minimum Gasteiger partial charge on any atom is -0.397 e. The van der Waals surface area contributed by atoms with Gasteiger partial charge in [0.1, 0.15) is 5.02 Å². The largest absolute Gasteiger partial charge is 0.397 e. The molecule has 5 N–H and O–H groups in total. The van der Waals surface area contributed by atoms with Crippen molar-refractivity contribution in [2.75, 3.05) is 35.3 Å². The van der Waals surface area contributed by atoms with Crippen LogP contribution in [0.2, 0.25) is 5.02 Å². The topological polar surface area (TPSA) is 64.1 Å². The van der Waals surface area contributed by atoms with Crippen molar-refractivity contribution in [1.29, 1.82) is 0 Å². The number of unbranched alkanes of at least 4 members (excludes halogenated alkanes) is 2. The molecular weight excluding hydrogens is 273 g/mol. The molecule has 0 spiro atoms. The van der Waals surface area contributed by atoms with E-state index in [9.17, 15) is 4.39 Å². The third-order valence-corrected chi connectivity index (χ3v) is 3.67. The van der Waals surface area contributed by atoms with Crippen molar-refractivity contribution in [3.63, 3.8) is 0 Å². The number of thioether (sulfide) groups is 1. The fourth-order valence-electron chi connectivity index (χ4n) is 1.61. The summed E-state index contributed by atoms with van der Waals surface area (Å²) in [4.78, 5) is 0. The van der Waals surface area contributed by atoms with Crippen LogP contribution in [-0.2, 0) is 0 Å². The van der Waals surface area contributed by atoms with Crippen LogP contribution in [0.3, 0.4) is 0 Å². The van der Waals surface area contributed by atoms with Gasteiger partial charge in [0.15, 0.2) is 5.82 Å². The second kappa shape index (κ2) is 7.59. The molecule has 0 radical (unpaired) electrons. The van der Waals surface area contributed by atoms with E-state index < -0.39 is 5.82 Å². The van der Waals surface area contributed by atoms with Gasteiger partial charge < -0.3 is 16.8 Å². The maximum atomic E-state index is 13.8. The van der Waals surface area contributed by atoms with Crippen molar-refractivity contribution in [2.24, 2.45) is 0 Å². The SMILES string of the molecule is CSCCCCCNc1c(N)cc(N)c(Cl)c1F. The molecule has 0 heterocycles. The molecule has 0 aromatic heterocycles. The quantitative estimate of drug-likeness (QED) is 0.531. The first-order valence-electron chi connectivity index (χ1n) is 5.83. The van der Waals surface area contributed by atoms with Gasteiger partial charge in [-0.25, -0.2) is 4.39 Å². The van der Waals surface area contributed by atoms with Crippen molar-refractivity contribution in [1.82, 2.24) is 0 Å². The average molecular weight is 292 g/mol. The molecule has 0 fully saturated rings. The van der Waals surface area contributed by atoms with Crippen molar-refractivity contribution >= 4 is 40.4 Å². The molecule has 0 aliphatic carbocycles. The van der Waals surface area contributed by atoms with Gasteiger partial charge in [-0.3, -0.25) is 0 Å². The summed E-state index contributed by atoms with van der Waals surface area (Å²) in [5.74, 6) is 0.586. The molecule has 6 heteroatoms. The van der Waals surface area contributed by atoms with Crippen LogP contribution < -0.4 is 16.8 Å². The first kappa shape index (κ1) is 15.2. The van der Waals surface area contributed by atoms with Crippen LogP contribution in [0.1, 0.15) is 19.3 Å². The molecule has 0 atom stereocenters. The number of hydrogen-bond donors (Lipinski definition) is 3. The Balaban J connectivity index is 2.50. The van der Waals surface area contributed by atoms with Crippen LogP contribution in [-0.4, -0.2) is 18.6 Å². The Hall–Kier alpha value is -0.810. The van der Waals surface area contributed by atoms with Crippen molar-refractivity contribution < 1.29 is 4.39 Å². The molecule has 0 unspecified atom stereocenters. The van der Waals surface area contributed by atoms with Crippen LogP contribution in [0.4, 0.5) is 21.5 Å². The van der Waals surface area contributed by atoms with Gasteiger partial charge in [0.2, 0.25) is 0 Å². The van der Waals surface area contributed by atoms with Gasteiger partial charge in [-0.05, 0) is 30.9 Å².